The second-order valence-corrected chi connectivity index (χ2v) is 5.31. The Morgan fingerprint density at radius 1 is 1.33 bits per heavy atom. The van der Waals surface area contributed by atoms with Gasteiger partial charge >= 0.3 is 0 Å². The summed E-state index contributed by atoms with van der Waals surface area (Å²) < 4.78 is 5.45. The summed E-state index contributed by atoms with van der Waals surface area (Å²) in [4.78, 5) is 16.9. The first-order valence-corrected chi connectivity index (χ1v) is 7.48. The normalized spacial score (nSPS) is 10.8. The van der Waals surface area contributed by atoms with Crippen molar-refractivity contribution in [2.45, 2.75) is 4.90 Å². The molecule has 2 aromatic heterocycles. The van der Waals surface area contributed by atoms with Crippen LogP contribution in [0.1, 0.15) is 10.4 Å². The molecule has 21 heavy (non-hydrogen) atoms. The van der Waals surface area contributed by atoms with Crippen LogP contribution in [-0.4, -0.2) is 17.1 Å². The summed E-state index contributed by atoms with van der Waals surface area (Å²) >= 11 is 1.69. The zero-order valence-corrected chi connectivity index (χ0v) is 12.1. The molecular formula is C15H13N3O2S. The topological polar surface area (TPSA) is 81.2 Å². The number of nitrogens with zero attached hydrogens (tertiary/aromatic N) is 1. The van der Waals surface area contributed by atoms with Gasteiger partial charge in [0.05, 0.1) is 5.56 Å². The number of nitrogens with two attached hydrogens (primary N) is 1. The first-order chi connectivity index (χ1) is 10.2. The summed E-state index contributed by atoms with van der Waals surface area (Å²) in [5.41, 5.74) is 4.90. The Hall–Kier alpha value is -2.31. The maximum Gasteiger partial charge on any atom is 0.266 e. The van der Waals surface area contributed by atoms with Crippen molar-refractivity contribution in [2.75, 3.05) is 6.26 Å². The fraction of sp³-hybridized carbons (Fsp3) is 0.0667. The second kappa shape index (κ2) is 5.59. The lowest BCUT2D eigenvalue weighted by Crippen LogP contribution is -2.30. The van der Waals surface area contributed by atoms with Crippen molar-refractivity contribution >= 4 is 28.8 Å². The molecular weight excluding hydrogens is 286 g/mol. The first kappa shape index (κ1) is 13.7. The Balaban J connectivity index is 2.11. The van der Waals surface area contributed by atoms with E-state index in [-0.39, 0.29) is 5.91 Å². The van der Waals surface area contributed by atoms with Crippen LogP contribution in [0.4, 0.5) is 0 Å². The number of benzene rings is 1. The third kappa shape index (κ3) is 2.51. The number of thioether (sulfide) groups is 1. The van der Waals surface area contributed by atoms with Crippen LogP contribution < -0.4 is 11.3 Å². The lowest BCUT2D eigenvalue weighted by molar-refractivity contribution is 0.0953. The molecule has 2 heterocycles. The molecule has 106 valence electrons. The Morgan fingerprint density at radius 3 is 2.76 bits per heavy atom. The van der Waals surface area contributed by atoms with Gasteiger partial charge in [-0.25, -0.2) is 10.8 Å². The molecule has 0 aliphatic rings. The van der Waals surface area contributed by atoms with Crippen molar-refractivity contribution in [3.8, 4) is 11.1 Å². The molecule has 3 aromatic rings. The number of carbonyl (C=O) groups excluding carboxylic acids is 1. The Kier molecular flexibility index (Phi) is 3.64. The number of hydrogen-bond donors (Lipinski definition) is 2. The van der Waals surface area contributed by atoms with E-state index in [0.717, 1.165) is 16.5 Å². The molecule has 3 rings (SSSR count). The fourth-order valence-corrected chi connectivity index (χ4v) is 2.53. The molecule has 0 spiro atoms. The van der Waals surface area contributed by atoms with Crippen molar-refractivity contribution in [3.63, 3.8) is 0 Å². The summed E-state index contributed by atoms with van der Waals surface area (Å²) in [6.45, 7) is 0. The van der Waals surface area contributed by atoms with E-state index >= 15 is 0 Å². The minimum atomic E-state index is -0.380. The van der Waals surface area contributed by atoms with Gasteiger partial charge in [-0.3, -0.25) is 10.2 Å². The Morgan fingerprint density at radius 2 is 2.10 bits per heavy atom. The third-order valence-electron chi connectivity index (χ3n) is 3.22. The molecule has 3 N–H and O–H groups in total. The zero-order valence-electron chi connectivity index (χ0n) is 11.3. The van der Waals surface area contributed by atoms with Gasteiger partial charge in [-0.05, 0) is 30.0 Å². The minimum absolute atomic E-state index is 0.380. The van der Waals surface area contributed by atoms with Crippen LogP contribution in [0.3, 0.4) is 0 Å². The number of nitrogens with one attached hydrogen (secondary N) is 1. The summed E-state index contributed by atoms with van der Waals surface area (Å²) in [5.74, 6) is 4.77. The highest BCUT2D eigenvalue weighted by molar-refractivity contribution is 7.98. The van der Waals surface area contributed by atoms with E-state index in [1.165, 1.54) is 11.1 Å². The van der Waals surface area contributed by atoms with E-state index in [9.17, 15) is 4.79 Å². The fourth-order valence-electron chi connectivity index (χ4n) is 2.12. The molecule has 1 amide bonds. The van der Waals surface area contributed by atoms with Crippen LogP contribution in [0.2, 0.25) is 0 Å². The van der Waals surface area contributed by atoms with Gasteiger partial charge in [0.25, 0.3) is 5.91 Å². The van der Waals surface area contributed by atoms with Crippen LogP contribution in [0, 0.1) is 0 Å². The van der Waals surface area contributed by atoms with E-state index in [4.69, 9.17) is 10.3 Å². The third-order valence-corrected chi connectivity index (χ3v) is 3.97. The number of fused-ring (bicyclic) bond motifs is 1. The molecule has 0 unspecified atom stereocenters. The molecule has 0 aliphatic carbocycles. The number of pyridine rings is 1. The van der Waals surface area contributed by atoms with Gasteiger partial charge < -0.3 is 4.42 Å². The van der Waals surface area contributed by atoms with Crippen LogP contribution in [0.5, 0.6) is 0 Å². The van der Waals surface area contributed by atoms with Gasteiger partial charge in [0.1, 0.15) is 6.26 Å². The van der Waals surface area contributed by atoms with E-state index < -0.39 is 0 Å². The lowest BCUT2D eigenvalue weighted by Gasteiger charge is -2.02. The smallest absolute Gasteiger partial charge is 0.266 e. The van der Waals surface area contributed by atoms with Crippen molar-refractivity contribution in [1.29, 1.82) is 0 Å². The maximum absolute atomic E-state index is 11.6. The largest absolute Gasteiger partial charge is 0.445 e. The molecule has 0 aliphatic heterocycles. The molecule has 0 saturated heterocycles. The zero-order chi connectivity index (χ0) is 14.8. The molecule has 0 fully saturated rings. The van der Waals surface area contributed by atoms with Crippen molar-refractivity contribution in [2.24, 2.45) is 5.84 Å². The average molecular weight is 299 g/mol. The number of carbonyl (C=O) groups is 1. The summed E-state index contributed by atoms with van der Waals surface area (Å²) in [7, 11) is 0. The Labute approximate surface area is 125 Å². The highest BCUT2D eigenvalue weighted by atomic mass is 32.2. The van der Waals surface area contributed by atoms with Gasteiger partial charge in [0, 0.05) is 22.0 Å². The number of furan rings is 1. The number of amides is 1. The summed E-state index contributed by atoms with van der Waals surface area (Å²) in [5, 5.41) is 0.785. The number of rotatable bonds is 3. The average Bonchev–Trinajstić information content (AvgIpc) is 2.97. The van der Waals surface area contributed by atoms with Crippen LogP contribution in [-0.2, 0) is 0 Å². The molecule has 0 bridgehead atoms. The number of aromatic nitrogens is 1. The lowest BCUT2D eigenvalue weighted by atomic mass is 10.1. The molecule has 6 heteroatoms. The molecule has 0 saturated carbocycles. The Bertz CT molecular complexity index is 796. The number of nitrogen functional groups attached to an aromatic ring is 1. The molecule has 0 atom stereocenters. The van der Waals surface area contributed by atoms with Crippen molar-refractivity contribution in [3.05, 3.63) is 48.4 Å². The van der Waals surface area contributed by atoms with Gasteiger partial charge in [-0.15, -0.1) is 11.8 Å². The summed E-state index contributed by atoms with van der Waals surface area (Å²) in [6.07, 6.45) is 5.12. The first-order valence-electron chi connectivity index (χ1n) is 6.25. The predicted molar refractivity (Wildman–Crippen MR) is 82.9 cm³/mol. The minimum Gasteiger partial charge on any atom is -0.445 e. The van der Waals surface area contributed by atoms with E-state index in [1.54, 1.807) is 24.1 Å². The number of hydrogen-bond acceptors (Lipinski definition) is 5. The van der Waals surface area contributed by atoms with Crippen molar-refractivity contribution < 1.29 is 9.21 Å². The second-order valence-electron chi connectivity index (χ2n) is 4.43. The van der Waals surface area contributed by atoms with E-state index in [1.807, 2.05) is 30.5 Å². The highest BCUT2D eigenvalue weighted by Crippen LogP contribution is 2.31. The maximum atomic E-state index is 11.6. The molecule has 0 radical (unpaired) electrons. The monoisotopic (exact) mass is 299 g/mol. The summed E-state index contributed by atoms with van der Waals surface area (Å²) in [6, 6.07) is 9.86. The predicted octanol–water partition coefficient (Wildman–Crippen LogP) is 2.82. The van der Waals surface area contributed by atoms with Crippen molar-refractivity contribution in [1.82, 2.24) is 10.4 Å². The van der Waals surface area contributed by atoms with Crippen LogP contribution >= 0.6 is 11.8 Å². The molecule has 1 aromatic carbocycles. The van der Waals surface area contributed by atoms with Gasteiger partial charge in [0.2, 0.25) is 5.71 Å². The number of hydrazine groups is 1. The highest BCUT2D eigenvalue weighted by Gasteiger charge is 2.12. The van der Waals surface area contributed by atoms with E-state index in [0.29, 0.717) is 11.3 Å². The quantitative estimate of drug-likeness (QED) is 0.336. The standard InChI is InChI=1S/C15H13N3O2S/c1-21-11-4-2-9(3-5-11)13-8-20-15-12(13)6-10(7-17-15)14(19)18-16/h2-8H,16H2,1H3,(H,18,19). The van der Waals surface area contributed by atoms with Gasteiger partial charge in [-0.2, -0.15) is 0 Å². The van der Waals surface area contributed by atoms with Gasteiger partial charge in [-0.1, -0.05) is 12.1 Å². The van der Waals surface area contributed by atoms with Crippen LogP contribution in [0.15, 0.2) is 52.1 Å². The van der Waals surface area contributed by atoms with Gasteiger partial charge in [0.15, 0.2) is 0 Å². The SMILES string of the molecule is CSc1ccc(-c2coc3ncc(C(=O)NN)cc23)cc1. The van der Waals surface area contributed by atoms with E-state index in [2.05, 4.69) is 10.4 Å². The molecule has 5 nitrogen and oxygen atoms in total. The van der Waals surface area contributed by atoms with Crippen LogP contribution in [0.25, 0.3) is 22.2 Å².